The van der Waals surface area contributed by atoms with Crippen molar-refractivity contribution in [2.75, 3.05) is 13.2 Å². The van der Waals surface area contributed by atoms with Gasteiger partial charge in [0.05, 0.1) is 17.6 Å². The van der Waals surface area contributed by atoms with Gasteiger partial charge in [0, 0.05) is 24.4 Å². The lowest BCUT2D eigenvalue weighted by Crippen LogP contribution is -2.23. The molecule has 0 unspecified atom stereocenters. The first-order valence-electron chi connectivity index (χ1n) is 11.1. The first-order valence-corrected chi connectivity index (χ1v) is 11.5. The van der Waals surface area contributed by atoms with Gasteiger partial charge in [-0.25, -0.2) is 4.98 Å². The number of rotatable bonds is 11. The van der Waals surface area contributed by atoms with Gasteiger partial charge in [-0.1, -0.05) is 37.1 Å². The molecular formula is C25H32ClN3O2. The number of halogens is 1. The van der Waals surface area contributed by atoms with E-state index >= 15 is 0 Å². The quantitative estimate of drug-likeness (QED) is 0.392. The van der Waals surface area contributed by atoms with Crippen LogP contribution in [-0.4, -0.2) is 28.6 Å². The minimum Gasteiger partial charge on any atom is -0.492 e. The number of hydrogen-bond acceptors (Lipinski definition) is 3. The molecule has 5 nitrogen and oxygen atoms in total. The minimum atomic E-state index is 0.118. The van der Waals surface area contributed by atoms with E-state index < -0.39 is 0 Å². The van der Waals surface area contributed by atoms with Crippen molar-refractivity contribution in [2.24, 2.45) is 0 Å². The third-order valence-corrected chi connectivity index (χ3v) is 6.04. The molecule has 2 aromatic carbocycles. The number of ether oxygens (including phenoxy) is 1. The predicted octanol–water partition coefficient (Wildman–Crippen LogP) is 5.62. The molecule has 0 bridgehead atoms. The fourth-order valence-electron chi connectivity index (χ4n) is 3.75. The maximum atomic E-state index is 11.3. The average molecular weight is 442 g/mol. The lowest BCUT2D eigenvalue weighted by Gasteiger charge is -2.13. The van der Waals surface area contributed by atoms with Crippen LogP contribution in [0.15, 0.2) is 36.4 Å². The molecular weight excluding hydrogens is 410 g/mol. The third kappa shape index (κ3) is 6.23. The molecule has 0 radical (unpaired) electrons. The lowest BCUT2D eigenvalue weighted by molar-refractivity contribution is -0.120. The van der Waals surface area contributed by atoms with Crippen LogP contribution in [0.5, 0.6) is 5.75 Å². The van der Waals surface area contributed by atoms with Crippen molar-refractivity contribution in [3.8, 4) is 5.75 Å². The van der Waals surface area contributed by atoms with Gasteiger partial charge in [0.15, 0.2) is 0 Å². The molecule has 1 heterocycles. The van der Waals surface area contributed by atoms with E-state index in [2.05, 4.69) is 22.0 Å². The summed E-state index contributed by atoms with van der Waals surface area (Å²) in [6.45, 7) is 7.92. The van der Waals surface area contributed by atoms with E-state index in [0.29, 0.717) is 13.0 Å². The molecule has 6 heteroatoms. The molecule has 0 fully saturated rings. The number of para-hydroxylation sites is 2. The van der Waals surface area contributed by atoms with Crippen molar-refractivity contribution in [3.63, 3.8) is 0 Å². The van der Waals surface area contributed by atoms with Crippen molar-refractivity contribution < 1.29 is 9.53 Å². The van der Waals surface area contributed by atoms with Gasteiger partial charge in [0.2, 0.25) is 5.91 Å². The van der Waals surface area contributed by atoms with Gasteiger partial charge in [-0.05, 0) is 62.1 Å². The first kappa shape index (κ1) is 23.1. The van der Waals surface area contributed by atoms with Crippen molar-refractivity contribution >= 4 is 28.5 Å². The Bertz CT molecular complexity index is 1010. The van der Waals surface area contributed by atoms with Gasteiger partial charge >= 0.3 is 0 Å². The summed E-state index contributed by atoms with van der Waals surface area (Å²) >= 11 is 6.27. The second kappa shape index (κ2) is 11.2. The maximum Gasteiger partial charge on any atom is 0.219 e. The molecule has 0 aliphatic rings. The van der Waals surface area contributed by atoms with Crippen LogP contribution >= 0.6 is 11.6 Å². The van der Waals surface area contributed by atoms with E-state index in [1.54, 1.807) is 0 Å². The van der Waals surface area contributed by atoms with Crippen molar-refractivity contribution in [1.82, 2.24) is 14.9 Å². The van der Waals surface area contributed by atoms with Crippen LogP contribution in [-0.2, 0) is 17.8 Å². The highest BCUT2D eigenvalue weighted by Crippen LogP contribution is 2.26. The lowest BCUT2D eigenvalue weighted by atomic mass is 10.1. The first-order chi connectivity index (χ1) is 15.0. The van der Waals surface area contributed by atoms with Crippen LogP contribution in [0.4, 0.5) is 0 Å². The summed E-state index contributed by atoms with van der Waals surface area (Å²) in [5.41, 5.74) is 4.21. The van der Waals surface area contributed by atoms with E-state index in [4.69, 9.17) is 21.3 Å². The Labute approximate surface area is 189 Å². The van der Waals surface area contributed by atoms with Crippen molar-refractivity contribution in [2.45, 2.75) is 59.4 Å². The number of imidazole rings is 1. The zero-order chi connectivity index (χ0) is 22.2. The summed E-state index contributed by atoms with van der Waals surface area (Å²) in [4.78, 5) is 16.2. The Morgan fingerprint density at radius 1 is 1.13 bits per heavy atom. The van der Waals surface area contributed by atoms with Gasteiger partial charge < -0.3 is 14.6 Å². The number of hydrogen-bond donors (Lipinski definition) is 1. The van der Waals surface area contributed by atoms with Gasteiger partial charge in [0.25, 0.3) is 0 Å². The Kier molecular flexibility index (Phi) is 8.35. The van der Waals surface area contributed by atoms with E-state index in [-0.39, 0.29) is 5.91 Å². The van der Waals surface area contributed by atoms with E-state index in [0.717, 1.165) is 77.5 Å². The SMILES string of the molecule is CCC(=O)NCCCCCc1nc2ccccc2n1CCOc1cc(C)c(Cl)c(C)c1. The number of amides is 1. The van der Waals surface area contributed by atoms with Gasteiger partial charge in [0.1, 0.15) is 18.2 Å². The van der Waals surface area contributed by atoms with Crippen LogP contribution in [0.2, 0.25) is 5.02 Å². The van der Waals surface area contributed by atoms with Crippen LogP contribution in [0.25, 0.3) is 11.0 Å². The smallest absolute Gasteiger partial charge is 0.219 e. The molecule has 3 rings (SSSR count). The summed E-state index contributed by atoms with van der Waals surface area (Å²) in [6, 6.07) is 12.2. The Morgan fingerprint density at radius 2 is 1.87 bits per heavy atom. The second-order valence-electron chi connectivity index (χ2n) is 7.90. The summed E-state index contributed by atoms with van der Waals surface area (Å²) in [5.74, 6) is 2.05. The number of aryl methyl sites for hydroxylation is 3. The van der Waals surface area contributed by atoms with E-state index in [9.17, 15) is 4.79 Å². The third-order valence-electron chi connectivity index (χ3n) is 5.45. The van der Waals surface area contributed by atoms with Crippen molar-refractivity contribution in [3.05, 3.63) is 58.4 Å². The van der Waals surface area contributed by atoms with Crippen LogP contribution in [0.3, 0.4) is 0 Å². The Morgan fingerprint density at radius 3 is 2.61 bits per heavy atom. The number of fused-ring (bicyclic) bond motifs is 1. The molecule has 0 aliphatic heterocycles. The normalized spacial score (nSPS) is 11.1. The fraction of sp³-hybridized carbons (Fsp3) is 0.440. The zero-order valence-corrected chi connectivity index (χ0v) is 19.5. The summed E-state index contributed by atoms with van der Waals surface area (Å²) in [6.07, 6.45) is 4.55. The molecule has 166 valence electrons. The highest BCUT2D eigenvalue weighted by molar-refractivity contribution is 6.32. The van der Waals surface area contributed by atoms with Crippen LogP contribution in [0, 0.1) is 13.8 Å². The number of benzene rings is 2. The average Bonchev–Trinajstić information content (AvgIpc) is 3.11. The minimum absolute atomic E-state index is 0.118. The Balaban J connectivity index is 1.59. The molecule has 0 spiro atoms. The molecule has 0 saturated heterocycles. The van der Waals surface area contributed by atoms with Crippen molar-refractivity contribution in [1.29, 1.82) is 0 Å². The molecule has 1 aromatic heterocycles. The van der Waals surface area contributed by atoms with Crippen LogP contribution < -0.4 is 10.1 Å². The zero-order valence-electron chi connectivity index (χ0n) is 18.7. The molecule has 1 amide bonds. The largest absolute Gasteiger partial charge is 0.492 e. The van der Waals surface area contributed by atoms with Crippen LogP contribution in [0.1, 0.15) is 49.6 Å². The number of carbonyl (C=O) groups excluding carboxylic acids is 1. The second-order valence-corrected chi connectivity index (χ2v) is 8.28. The van der Waals surface area contributed by atoms with Gasteiger partial charge in [-0.3, -0.25) is 4.79 Å². The molecule has 31 heavy (non-hydrogen) atoms. The molecule has 3 aromatic rings. The molecule has 0 atom stereocenters. The highest BCUT2D eigenvalue weighted by atomic mass is 35.5. The molecule has 0 saturated carbocycles. The fourth-order valence-corrected chi connectivity index (χ4v) is 3.86. The maximum absolute atomic E-state index is 11.3. The summed E-state index contributed by atoms with van der Waals surface area (Å²) in [5, 5.41) is 3.73. The Hall–Kier alpha value is -2.53. The molecule has 1 N–H and O–H groups in total. The number of nitrogens with one attached hydrogen (secondary N) is 1. The van der Waals surface area contributed by atoms with E-state index in [1.165, 1.54) is 0 Å². The van der Waals surface area contributed by atoms with E-state index in [1.807, 2.05) is 45.0 Å². The topological polar surface area (TPSA) is 56.2 Å². The summed E-state index contributed by atoms with van der Waals surface area (Å²) in [7, 11) is 0. The van der Waals surface area contributed by atoms with Gasteiger partial charge in [-0.2, -0.15) is 0 Å². The molecule has 0 aliphatic carbocycles. The number of nitrogens with zero attached hydrogens (tertiary/aromatic N) is 2. The number of aromatic nitrogens is 2. The standard InChI is InChI=1S/C25H32ClN3O2/c1-4-24(30)27-13-9-5-6-12-23-28-21-10-7-8-11-22(21)29(23)14-15-31-20-16-18(2)25(26)19(3)17-20/h7-8,10-11,16-17H,4-6,9,12-15H2,1-3H3,(H,27,30). The predicted molar refractivity (Wildman–Crippen MR) is 127 cm³/mol. The summed E-state index contributed by atoms with van der Waals surface area (Å²) < 4.78 is 8.31. The number of unbranched alkanes of at least 4 members (excludes halogenated alkanes) is 2. The number of carbonyl (C=O) groups is 1. The highest BCUT2D eigenvalue weighted by Gasteiger charge is 2.11. The monoisotopic (exact) mass is 441 g/mol. The van der Waals surface area contributed by atoms with Gasteiger partial charge in [-0.15, -0.1) is 0 Å².